The van der Waals surface area contributed by atoms with Gasteiger partial charge in [-0.15, -0.1) is 0 Å². The number of hydrogen-bond acceptors (Lipinski definition) is 1. The van der Waals surface area contributed by atoms with Crippen molar-refractivity contribution in [2.75, 3.05) is 0 Å². The molecule has 0 unspecified atom stereocenters. The van der Waals surface area contributed by atoms with E-state index in [9.17, 15) is 26.3 Å². The van der Waals surface area contributed by atoms with Crippen LogP contribution < -0.4 is 0 Å². The SMILES string of the molecule is N#Cc1cc(C(F)(F)F)cc(C(F)(F)F)c1Br. The second kappa shape index (κ2) is 4.22. The molecule has 0 radical (unpaired) electrons. The molecule has 1 nitrogen and oxygen atoms in total. The van der Waals surface area contributed by atoms with Gasteiger partial charge < -0.3 is 0 Å². The van der Waals surface area contributed by atoms with E-state index in [2.05, 4.69) is 15.9 Å². The molecule has 0 aromatic heterocycles. The van der Waals surface area contributed by atoms with Gasteiger partial charge in [0.15, 0.2) is 0 Å². The van der Waals surface area contributed by atoms with Crippen molar-refractivity contribution in [3.05, 3.63) is 33.3 Å². The van der Waals surface area contributed by atoms with Gasteiger partial charge in [-0.2, -0.15) is 31.6 Å². The fourth-order valence-electron chi connectivity index (χ4n) is 1.08. The van der Waals surface area contributed by atoms with E-state index in [0.29, 0.717) is 6.07 Å². The highest BCUT2D eigenvalue weighted by Gasteiger charge is 2.39. The van der Waals surface area contributed by atoms with Crippen molar-refractivity contribution in [1.29, 1.82) is 5.26 Å². The topological polar surface area (TPSA) is 23.8 Å². The van der Waals surface area contributed by atoms with Crippen molar-refractivity contribution >= 4 is 15.9 Å². The Morgan fingerprint density at radius 2 is 1.53 bits per heavy atom. The first-order chi connectivity index (χ1) is 7.57. The summed E-state index contributed by atoms with van der Waals surface area (Å²) in [6.07, 6.45) is -9.90. The predicted molar refractivity (Wildman–Crippen MR) is 48.9 cm³/mol. The number of alkyl halides is 6. The maximum atomic E-state index is 12.4. The van der Waals surface area contributed by atoms with E-state index in [1.807, 2.05) is 0 Å². The largest absolute Gasteiger partial charge is 0.417 e. The third-order valence-corrected chi connectivity index (χ3v) is 2.68. The first kappa shape index (κ1) is 13.8. The van der Waals surface area contributed by atoms with Gasteiger partial charge in [-0.3, -0.25) is 0 Å². The van der Waals surface area contributed by atoms with Crippen LogP contribution in [0.25, 0.3) is 0 Å². The zero-order valence-electron chi connectivity index (χ0n) is 7.75. The van der Waals surface area contributed by atoms with Crippen molar-refractivity contribution in [1.82, 2.24) is 0 Å². The molecule has 0 saturated heterocycles. The Balaban J connectivity index is 3.58. The molecule has 8 heteroatoms. The molecule has 92 valence electrons. The summed E-state index contributed by atoms with van der Waals surface area (Å²) in [5, 5.41) is 8.48. The minimum absolute atomic E-state index is 0.0368. The maximum absolute atomic E-state index is 12.4. The second-order valence-electron chi connectivity index (χ2n) is 2.99. The number of benzene rings is 1. The van der Waals surface area contributed by atoms with Gasteiger partial charge in [0.2, 0.25) is 0 Å². The molecule has 0 heterocycles. The number of hydrogen-bond donors (Lipinski definition) is 0. The minimum Gasteiger partial charge on any atom is -0.192 e. The second-order valence-corrected chi connectivity index (χ2v) is 3.79. The van der Waals surface area contributed by atoms with Crippen LogP contribution in [0.4, 0.5) is 26.3 Å². The van der Waals surface area contributed by atoms with E-state index >= 15 is 0 Å². The molecule has 0 atom stereocenters. The van der Waals surface area contributed by atoms with Crippen molar-refractivity contribution in [2.24, 2.45) is 0 Å². The molecule has 0 aliphatic carbocycles. The molecule has 0 fully saturated rings. The standard InChI is InChI=1S/C9H2BrF6N/c10-7-4(3-17)1-5(8(11,12)13)2-6(7)9(14,15)16/h1-2H. The van der Waals surface area contributed by atoms with Crippen LogP contribution in [0.1, 0.15) is 16.7 Å². The summed E-state index contributed by atoms with van der Waals surface area (Å²) in [6, 6.07) is 1.60. The molecule has 0 aliphatic heterocycles. The molecule has 1 aromatic rings. The maximum Gasteiger partial charge on any atom is 0.417 e. The quantitative estimate of drug-likeness (QED) is 0.652. The summed E-state index contributed by atoms with van der Waals surface area (Å²) < 4.78 is 73.5. The Labute approximate surface area is 99.8 Å². The van der Waals surface area contributed by atoms with Gasteiger partial charge in [0.1, 0.15) is 6.07 Å². The monoisotopic (exact) mass is 317 g/mol. The summed E-state index contributed by atoms with van der Waals surface area (Å²) in [7, 11) is 0. The lowest BCUT2D eigenvalue weighted by atomic mass is 10.1. The van der Waals surface area contributed by atoms with E-state index in [4.69, 9.17) is 5.26 Å². The smallest absolute Gasteiger partial charge is 0.192 e. The van der Waals surface area contributed by atoms with Gasteiger partial charge in [-0.25, -0.2) is 0 Å². The third kappa shape index (κ3) is 2.91. The highest BCUT2D eigenvalue weighted by Crippen LogP contribution is 2.40. The van der Waals surface area contributed by atoms with Gasteiger partial charge in [-0.05, 0) is 28.1 Å². The summed E-state index contributed by atoms with van der Waals surface area (Å²) in [5.74, 6) is 0. The molecule has 1 rings (SSSR count). The van der Waals surface area contributed by atoms with Crippen LogP contribution in [0.2, 0.25) is 0 Å². The molecule has 0 N–H and O–H groups in total. The minimum atomic E-state index is -4.97. The van der Waals surface area contributed by atoms with Gasteiger partial charge in [0, 0.05) is 4.47 Å². The van der Waals surface area contributed by atoms with Gasteiger partial charge in [0.05, 0.1) is 16.7 Å². The predicted octanol–water partition coefficient (Wildman–Crippen LogP) is 4.36. The summed E-state index contributed by atoms with van der Waals surface area (Å²) in [6.45, 7) is 0. The van der Waals surface area contributed by atoms with Crippen LogP contribution in [0, 0.1) is 11.3 Å². The average molecular weight is 318 g/mol. The van der Waals surface area contributed by atoms with Crippen LogP contribution >= 0.6 is 15.9 Å². The lowest BCUT2D eigenvalue weighted by molar-refractivity contribution is -0.143. The number of halogens is 7. The van der Waals surface area contributed by atoms with E-state index in [0.717, 1.165) is 0 Å². The first-order valence-electron chi connectivity index (χ1n) is 3.95. The highest BCUT2D eigenvalue weighted by atomic mass is 79.9. The molecule has 0 amide bonds. The Morgan fingerprint density at radius 3 is 1.88 bits per heavy atom. The number of rotatable bonds is 0. The fraction of sp³-hybridized carbons (Fsp3) is 0.222. The Bertz CT molecular complexity index is 482. The highest BCUT2D eigenvalue weighted by molar-refractivity contribution is 9.10. The fourth-order valence-corrected chi connectivity index (χ4v) is 1.62. The Kier molecular flexibility index (Phi) is 3.43. The van der Waals surface area contributed by atoms with E-state index in [1.54, 1.807) is 0 Å². The first-order valence-corrected chi connectivity index (χ1v) is 4.74. The summed E-state index contributed by atoms with van der Waals surface area (Å²) >= 11 is 2.47. The van der Waals surface area contributed by atoms with Crippen LogP contribution in [-0.4, -0.2) is 0 Å². The Hall–Kier alpha value is -1.23. The van der Waals surface area contributed by atoms with Crippen molar-refractivity contribution in [3.8, 4) is 6.07 Å². The number of nitrogens with zero attached hydrogens (tertiary/aromatic N) is 1. The van der Waals surface area contributed by atoms with Crippen LogP contribution in [-0.2, 0) is 12.4 Å². The molecule has 0 spiro atoms. The van der Waals surface area contributed by atoms with Gasteiger partial charge in [0.25, 0.3) is 0 Å². The van der Waals surface area contributed by atoms with Crippen molar-refractivity contribution < 1.29 is 26.3 Å². The van der Waals surface area contributed by atoms with Gasteiger partial charge >= 0.3 is 12.4 Å². The van der Waals surface area contributed by atoms with Crippen LogP contribution in [0.5, 0.6) is 0 Å². The molecule has 0 saturated carbocycles. The third-order valence-electron chi connectivity index (χ3n) is 1.83. The molecule has 1 aromatic carbocycles. The van der Waals surface area contributed by atoms with E-state index < -0.39 is 33.5 Å². The zero-order valence-corrected chi connectivity index (χ0v) is 9.33. The Morgan fingerprint density at radius 1 is 1.00 bits per heavy atom. The molecular weight excluding hydrogens is 316 g/mol. The van der Waals surface area contributed by atoms with Crippen LogP contribution in [0.3, 0.4) is 0 Å². The van der Waals surface area contributed by atoms with Crippen LogP contribution in [0.15, 0.2) is 16.6 Å². The lowest BCUT2D eigenvalue weighted by Crippen LogP contribution is -2.12. The normalized spacial score (nSPS) is 12.4. The van der Waals surface area contributed by atoms with E-state index in [-0.39, 0.29) is 6.07 Å². The van der Waals surface area contributed by atoms with Crippen molar-refractivity contribution in [2.45, 2.75) is 12.4 Å². The number of nitriles is 1. The van der Waals surface area contributed by atoms with Crippen molar-refractivity contribution in [3.63, 3.8) is 0 Å². The molecule has 0 bridgehead atoms. The summed E-state index contributed by atoms with van der Waals surface area (Å²) in [4.78, 5) is 0. The van der Waals surface area contributed by atoms with Gasteiger partial charge in [-0.1, -0.05) is 0 Å². The van der Waals surface area contributed by atoms with E-state index in [1.165, 1.54) is 6.07 Å². The lowest BCUT2D eigenvalue weighted by Gasteiger charge is -2.14. The molecule has 0 aliphatic rings. The zero-order chi connectivity index (χ0) is 13.4. The molecular formula is C9H2BrF6N. The molecule has 17 heavy (non-hydrogen) atoms. The summed E-state index contributed by atoms with van der Waals surface area (Å²) in [5.41, 5.74) is -3.75. The average Bonchev–Trinajstić information content (AvgIpc) is 2.14.